The lowest BCUT2D eigenvalue weighted by molar-refractivity contribution is -0.117. The summed E-state index contributed by atoms with van der Waals surface area (Å²) in [5.74, 6) is 0.328. The molecule has 2 aromatic rings. The smallest absolute Gasteiger partial charge is 0.267 e. The summed E-state index contributed by atoms with van der Waals surface area (Å²) in [7, 11) is 0. The summed E-state index contributed by atoms with van der Waals surface area (Å²) in [5, 5.41) is 7.21. The largest absolute Gasteiger partial charge is 0.324 e. The molecule has 1 aliphatic rings. The second-order valence-corrected chi connectivity index (χ2v) is 7.33. The van der Waals surface area contributed by atoms with Crippen LogP contribution in [0, 0.1) is 12.8 Å². The number of amides is 1. The maximum Gasteiger partial charge on any atom is 0.267 e. The van der Waals surface area contributed by atoms with Gasteiger partial charge in [0.2, 0.25) is 5.91 Å². The van der Waals surface area contributed by atoms with Crippen LogP contribution in [-0.2, 0) is 24.2 Å². The standard InChI is InChI=1S/C18H20BrN3O2/c1-11-3-6-16-13(7-11)9-18(24)22(21-16)10-17(23)20-14-4-5-15(19)12(2)8-14/h4-5,8-9,11H,3,6-7,10H2,1-2H3,(H,20,23). The van der Waals surface area contributed by atoms with E-state index < -0.39 is 0 Å². The van der Waals surface area contributed by atoms with Gasteiger partial charge < -0.3 is 5.32 Å². The molecule has 126 valence electrons. The lowest BCUT2D eigenvalue weighted by Gasteiger charge is -2.20. The number of nitrogens with one attached hydrogen (secondary N) is 1. The van der Waals surface area contributed by atoms with Crippen LogP contribution in [0.4, 0.5) is 5.69 Å². The first kappa shape index (κ1) is 16.9. The molecular weight excluding hydrogens is 370 g/mol. The maximum atomic E-state index is 12.2. The van der Waals surface area contributed by atoms with Crippen molar-refractivity contribution in [1.82, 2.24) is 9.78 Å². The van der Waals surface area contributed by atoms with Crippen LogP contribution in [0.1, 0.15) is 30.2 Å². The van der Waals surface area contributed by atoms with E-state index in [-0.39, 0.29) is 18.0 Å². The van der Waals surface area contributed by atoms with E-state index in [2.05, 4.69) is 33.3 Å². The Morgan fingerprint density at radius 3 is 2.96 bits per heavy atom. The van der Waals surface area contributed by atoms with Crippen molar-refractivity contribution < 1.29 is 4.79 Å². The van der Waals surface area contributed by atoms with Gasteiger partial charge in [0.15, 0.2) is 0 Å². The summed E-state index contributed by atoms with van der Waals surface area (Å²) in [6.45, 7) is 4.06. The monoisotopic (exact) mass is 389 g/mol. The van der Waals surface area contributed by atoms with Crippen molar-refractivity contribution in [3.63, 3.8) is 0 Å². The Morgan fingerprint density at radius 1 is 1.42 bits per heavy atom. The number of rotatable bonds is 3. The third kappa shape index (κ3) is 3.75. The molecule has 3 rings (SSSR count). The number of aryl methyl sites for hydroxylation is 2. The molecule has 0 saturated carbocycles. The average molecular weight is 390 g/mol. The van der Waals surface area contributed by atoms with Crippen LogP contribution in [0.3, 0.4) is 0 Å². The number of hydrogen-bond donors (Lipinski definition) is 1. The third-order valence-electron chi connectivity index (χ3n) is 4.34. The molecule has 0 saturated heterocycles. The molecule has 0 bridgehead atoms. The minimum Gasteiger partial charge on any atom is -0.324 e. The van der Waals surface area contributed by atoms with Gasteiger partial charge in [-0.05, 0) is 61.4 Å². The fourth-order valence-electron chi connectivity index (χ4n) is 2.99. The molecule has 1 aromatic heterocycles. The number of nitrogens with zero attached hydrogens (tertiary/aromatic N) is 2. The Bertz CT molecular complexity index is 845. The van der Waals surface area contributed by atoms with Gasteiger partial charge in [0.05, 0.1) is 5.69 Å². The van der Waals surface area contributed by atoms with Gasteiger partial charge in [-0.2, -0.15) is 5.10 Å². The van der Waals surface area contributed by atoms with Crippen molar-refractivity contribution >= 4 is 27.5 Å². The molecule has 0 aliphatic heterocycles. The lowest BCUT2D eigenvalue weighted by Crippen LogP contribution is -2.32. The lowest BCUT2D eigenvalue weighted by atomic mass is 9.88. The van der Waals surface area contributed by atoms with Crippen LogP contribution < -0.4 is 10.9 Å². The normalized spacial score (nSPS) is 16.5. The fraction of sp³-hybridized carbons (Fsp3) is 0.389. The number of aromatic nitrogens is 2. The van der Waals surface area contributed by atoms with Gasteiger partial charge in [-0.3, -0.25) is 9.59 Å². The van der Waals surface area contributed by atoms with Crippen molar-refractivity contribution in [3.8, 4) is 0 Å². The molecule has 0 fully saturated rings. The van der Waals surface area contributed by atoms with Crippen LogP contribution in [-0.4, -0.2) is 15.7 Å². The first-order chi connectivity index (χ1) is 11.4. The molecular formula is C18H20BrN3O2. The quantitative estimate of drug-likeness (QED) is 0.876. The molecule has 0 radical (unpaired) electrons. The van der Waals surface area contributed by atoms with Crippen LogP contribution >= 0.6 is 15.9 Å². The number of anilines is 1. The van der Waals surface area contributed by atoms with Crippen molar-refractivity contribution in [1.29, 1.82) is 0 Å². The molecule has 1 N–H and O–H groups in total. The van der Waals surface area contributed by atoms with Crippen molar-refractivity contribution in [2.75, 3.05) is 5.32 Å². The number of fused-ring (bicyclic) bond motifs is 1. The molecule has 5 nitrogen and oxygen atoms in total. The minimum atomic E-state index is -0.254. The summed E-state index contributed by atoms with van der Waals surface area (Å²) in [6.07, 6.45) is 2.83. The van der Waals surface area contributed by atoms with Gasteiger partial charge >= 0.3 is 0 Å². The van der Waals surface area contributed by atoms with Crippen molar-refractivity contribution in [2.24, 2.45) is 5.92 Å². The zero-order valence-electron chi connectivity index (χ0n) is 13.8. The molecule has 1 unspecified atom stereocenters. The highest BCUT2D eigenvalue weighted by Gasteiger charge is 2.18. The summed E-state index contributed by atoms with van der Waals surface area (Å²) >= 11 is 3.43. The summed E-state index contributed by atoms with van der Waals surface area (Å²) in [6, 6.07) is 7.22. The van der Waals surface area contributed by atoms with Crippen molar-refractivity contribution in [2.45, 2.75) is 39.7 Å². The third-order valence-corrected chi connectivity index (χ3v) is 5.23. The van der Waals surface area contributed by atoms with E-state index in [1.54, 1.807) is 6.07 Å². The van der Waals surface area contributed by atoms with E-state index in [1.165, 1.54) is 4.68 Å². The molecule has 1 aromatic carbocycles. The Balaban J connectivity index is 1.74. The predicted molar refractivity (Wildman–Crippen MR) is 97.2 cm³/mol. The first-order valence-electron chi connectivity index (χ1n) is 8.08. The Kier molecular flexibility index (Phi) is 4.85. The van der Waals surface area contributed by atoms with Crippen LogP contribution in [0.25, 0.3) is 0 Å². The number of hydrogen-bond acceptors (Lipinski definition) is 3. The van der Waals surface area contributed by atoms with E-state index >= 15 is 0 Å². The zero-order valence-corrected chi connectivity index (χ0v) is 15.4. The van der Waals surface area contributed by atoms with Gasteiger partial charge in [0, 0.05) is 16.2 Å². The van der Waals surface area contributed by atoms with E-state index in [4.69, 9.17) is 0 Å². The highest BCUT2D eigenvalue weighted by molar-refractivity contribution is 9.10. The highest BCUT2D eigenvalue weighted by Crippen LogP contribution is 2.22. The fourth-order valence-corrected chi connectivity index (χ4v) is 3.23. The zero-order chi connectivity index (χ0) is 17.3. The van der Waals surface area contributed by atoms with Gasteiger partial charge in [0.1, 0.15) is 6.54 Å². The Morgan fingerprint density at radius 2 is 2.21 bits per heavy atom. The molecule has 1 heterocycles. The van der Waals surface area contributed by atoms with Gasteiger partial charge in [0.25, 0.3) is 5.56 Å². The predicted octanol–water partition coefficient (Wildman–Crippen LogP) is 3.08. The van der Waals surface area contributed by atoms with Gasteiger partial charge in [-0.1, -0.05) is 22.9 Å². The number of carbonyl (C=O) groups is 1. The molecule has 1 aliphatic carbocycles. The minimum absolute atomic E-state index is 0.0726. The van der Waals surface area contributed by atoms with Gasteiger partial charge in [-0.15, -0.1) is 0 Å². The van der Waals surface area contributed by atoms with E-state index in [0.717, 1.165) is 40.6 Å². The molecule has 1 atom stereocenters. The maximum absolute atomic E-state index is 12.2. The molecule has 1 amide bonds. The van der Waals surface area contributed by atoms with E-state index in [9.17, 15) is 9.59 Å². The summed E-state index contributed by atoms with van der Waals surface area (Å²) in [5.41, 5.74) is 3.50. The molecule has 0 spiro atoms. The van der Waals surface area contributed by atoms with Crippen LogP contribution in [0.15, 0.2) is 33.5 Å². The van der Waals surface area contributed by atoms with Crippen LogP contribution in [0.2, 0.25) is 0 Å². The van der Waals surface area contributed by atoms with Crippen LogP contribution in [0.5, 0.6) is 0 Å². The second kappa shape index (κ2) is 6.89. The van der Waals surface area contributed by atoms with Crippen molar-refractivity contribution in [3.05, 3.63) is 55.9 Å². The Hall–Kier alpha value is -1.95. The average Bonchev–Trinajstić information content (AvgIpc) is 2.52. The highest BCUT2D eigenvalue weighted by atomic mass is 79.9. The summed E-state index contributed by atoms with van der Waals surface area (Å²) < 4.78 is 2.25. The molecule has 24 heavy (non-hydrogen) atoms. The first-order valence-corrected chi connectivity index (χ1v) is 8.87. The van der Waals surface area contributed by atoms with E-state index in [0.29, 0.717) is 11.6 Å². The van der Waals surface area contributed by atoms with E-state index in [1.807, 2.05) is 25.1 Å². The molecule has 6 heteroatoms. The Labute approximate surface area is 149 Å². The summed E-state index contributed by atoms with van der Waals surface area (Å²) in [4.78, 5) is 24.4. The SMILES string of the molecule is Cc1cc(NC(=O)Cn2nc3c(cc2=O)CC(C)CC3)ccc1Br. The topological polar surface area (TPSA) is 64.0 Å². The second-order valence-electron chi connectivity index (χ2n) is 6.47. The number of benzene rings is 1. The number of halogens is 1. The van der Waals surface area contributed by atoms with Gasteiger partial charge in [-0.25, -0.2) is 4.68 Å². The number of carbonyl (C=O) groups excluding carboxylic acids is 1.